The number of nitrogens with zero attached hydrogens (tertiary/aromatic N) is 5. The topological polar surface area (TPSA) is 117 Å². The van der Waals surface area contributed by atoms with E-state index in [9.17, 15) is 0 Å². The van der Waals surface area contributed by atoms with Gasteiger partial charge in [-0.05, 0) is 77.7 Å². The molecule has 10 heteroatoms. The fraction of sp³-hybridized carbons (Fsp3) is 0.769. The molecule has 2 fully saturated rings. The van der Waals surface area contributed by atoms with Gasteiger partial charge in [-0.3, -0.25) is 4.68 Å². The molecule has 0 spiro atoms. The second-order valence-corrected chi connectivity index (χ2v) is 10.2. The van der Waals surface area contributed by atoms with Gasteiger partial charge in [-0.1, -0.05) is 31.4 Å². The first kappa shape index (κ1) is 26.8. The van der Waals surface area contributed by atoms with E-state index in [1.54, 1.807) is 0 Å². The van der Waals surface area contributed by atoms with E-state index in [1.807, 2.05) is 10.9 Å². The van der Waals surface area contributed by atoms with E-state index >= 15 is 0 Å². The van der Waals surface area contributed by atoms with Gasteiger partial charge >= 0.3 is 0 Å². The highest BCUT2D eigenvalue weighted by Crippen LogP contribution is 2.17. The summed E-state index contributed by atoms with van der Waals surface area (Å²) in [6, 6.07) is 3.28. The third-order valence-corrected chi connectivity index (χ3v) is 7.16. The minimum atomic E-state index is 0.464. The average molecular weight is 499 g/mol. The van der Waals surface area contributed by atoms with Crippen molar-refractivity contribution in [2.24, 2.45) is 0 Å². The van der Waals surface area contributed by atoms with Crippen molar-refractivity contribution < 1.29 is 0 Å². The fourth-order valence-corrected chi connectivity index (χ4v) is 5.02. The number of piperidine rings is 1. The number of aromatic nitrogens is 5. The predicted octanol–water partition coefficient (Wildman–Crippen LogP) is 2.70. The molecule has 36 heavy (non-hydrogen) atoms. The molecule has 0 amide bonds. The Balaban J connectivity index is 1.11. The maximum atomic E-state index is 4.69. The van der Waals surface area contributed by atoms with Crippen LogP contribution in [0.1, 0.15) is 76.1 Å². The minimum Gasteiger partial charge on any atom is -0.367 e. The first-order chi connectivity index (χ1) is 17.8. The van der Waals surface area contributed by atoms with E-state index in [-0.39, 0.29) is 0 Å². The molecule has 0 bridgehead atoms. The summed E-state index contributed by atoms with van der Waals surface area (Å²) >= 11 is 0. The highest BCUT2D eigenvalue weighted by molar-refractivity contribution is 5.43. The van der Waals surface area contributed by atoms with Crippen LogP contribution < -0.4 is 26.6 Å². The smallest absolute Gasteiger partial charge is 0.225 e. The first-order valence-electron chi connectivity index (χ1n) is 14.2. The van der Waals surface area contributed by atoms with Crippen LogP contribution in [0.2, 0.25) is 0 Å². The Labute approximate surface area is 216 Å². The fourth-order valence-electron chi connectivity index (χ4n) is 5.02. The number of anilines is 2. The van der Waals surface area contributed by atoms with Crippen molar-refractivity contribution in [3.05, 3.63) is 23.7 Å². The number of hydrogen-bond acceptors (Lipinski definition) is 9. The molecule has 2 aliphatic rings. The van der Waals surface area contributed by atoms with Gasteiger partial charge in [0.05, 0.1) is 12.7 Å². The second kappa shape index (κ2) is 15.1. The number of aryl methyl sites for hydroxylation is 2. The summed E-state index contributed by atoms with van der Waals surface area (Å²) in [6.45, 7) is 8.85. The van der Waals surface area contributed by atoms with Gasteiger partial charge in [-0.15, -0.1) is 5.10 Å². The van der Waals surface area contributed by atoms with E-state index < -0.39 is 0 Å². The third-order valence-electron chi connectivity index (χ3n) is 7.16. The molecule has 200 valence electrons. The molecule has 10 nitrogen and oxygen atoms in total. The Hall–Kier alpha value is -2.30. The van der Waals surface area contributed by atoms with Crippen LogP contribution in [0.5, 0.6) is 0 Å². The standard InChI is InChI=1S/C26H46N10/c1-2-21-18-25(31-23-10-15-28-16-11-23)33-26(32-21)30-19-24-20-36(35-34-24)17-7-13-27-12-6-14-29-22-8-4-3-5-9-22/h18,20,22-23,27-29H,2-17,19H2,1H3,(H2,30,31,32,33). The number of nitrogens with one attached hydrogen (secondary N) is 5. The van der Waals surface area contributed by atoms with Crippen LogP contribution in [0, 0.1) is 0 Å². The summed E-state index contributed by atoms with van der Waals surface area (Å²) in [4.78, 5) is 9.34. The van der Waals surface area contributed by atoms with Crippen LogP contribution in [0.15, 0.2) is 12.3 Å². The number of rotatable bonds is 15. The lowest BCUT2D eigenvalue weighted by Crippen LogP contribution is -2.35. The van der Waals surface area contributed by atoms with Gasteiger partial charge in [0.25, 0.3) is 0 Å². The lowest BCUT2D eigenvalue weighted by atomic mass is 9.95. The van der Waals surface area contributed by atoms with Gasteiger partial charge in [0.1, 0.15) is 11.5 Å². The van der Waals surface area contributed by atoms with Gasteiger partial charge in [0.15, 0.2) is 0 Å². The molecule has 1 aliphatic carbocycles. The van der Waals surface area contributed by atoms with E-state index in [2.05, 4.69) is 54.9 Å². The Morgan fingerprint density at radius 1 is 0.944 bits per heavy atom. The molecule has 1 saturated carbocycles. The van der Waals surface area contributed by atoms with E-state index in [1.165, 1.54) is 38.5 Å². The molecule has 0 unspecified atom stereocenters. The molecule has 2 aromatic heterocycles. The second-order valence-electron chi connectivity index (χ2n) is 10.2. The largest absolute Gasteiger partial charge is 0.367 e. The van der Waals surface area contributed by atoms with Crippen molar-refractivity contribution in [2.75, 3.05) is 43.4 Å². The zero-order valence-corrected chi connectivity index (χ0v) is 22.1. The zero-order valence-electron chi connectivity index (χ0n) is 22.1. The van der Waals surface area contributed by atoms with Gasteiger partial charge in [-0.2, -0.15) is 4.98 Å². The highest BCUT2D eigenvalue weighted by Gasteiger charge is 2.14. The molecule has 1 aliphatic heterocycles. The molecule has 0 atom stereocenters. The first-order valence-corrected chi connectivity index (χ1v) is 14.2. The zero-order chi connectivity index (χ0) is 24.8. The lowest BCUT2D eigenvalue weighted by molar-refractivity contribution is 0.371. The van der Waals surface area contributed by atoms with Gasteiger partial charge < -0.3 is 26.6 Å². The van der Waals surface area contributed by atoms with Crippen molar-refractivity contribution in [1.82, 2.24) is 40.9 Å². The van der Waals surface area contributed by atoms with Crippen LogP contribution in [-0.4, -0.2) is 69.8 Å². The molecule has 3 heterocycles. The van der Waals surface area contributed by atoms with Crippen LogP contribution >= 0.6 is 0 Å². The summed E-state index contributed by atoms with van der Waals surface area (Å²) in [5, 5.41) is 26.2. The Morgan fingerprint density at radius 2 is 1.78 bits per heavy atom. The molecule has 1 saturated heterocycles. The van der Waals surface area contributed by atoms with Crippen molar-refractivity contribution >= 4 is 11.8 Å². The SMILES string of the molecule is CCc1cc(NC2CCNCC2)nc(NCc2cn(CCCNCCCNC3CCCCC3)nn2)n1. The van der Waals surface area contributed by atoms with E-state index in [0.717, 1.165) is 88.2 Å². The third kappa shape index (κ3) is 9.29. The average Bonchev–Trinajstić information content (AvgIpc) is 3.38. The number of hydrogen-bond donors (Lipinski definition) is 5. The van der Waals surface area contributed by atoms with E-state index in [4.69, 9.17) is 4.98 Å². The Bertz CT molecular complexity index is 873. The molecule has 2 aromatic rings. The maximum absolute atomic E-state index is 4.69. The van der Waals surface area contributed by atoms with Gasteiger partial charge in [0.2, 0.25) is 5.95 Å². The Kier molecular flexibility index (Phi) is 11.2. The summed E-state index contributed by atoms with van der Waals surface area (Å²) in [6.07, 6.45) is 14.3. The summed E-state index contributed by atoms with van der Waals surface area (Å²) in [7, 11) is 0. The lowest BCUT2D eigenvalue weighted by Gasteiger charge is -2.24. The summed E-state index contributed by atoms with van der Waals surface area (Å²) < 4.78 is 1.93. The molecule has 0 radical (unpaired) electrons. The van der Waals surface area contributed by atoms with Gasteiger partial charge in [0, 0.05) is 30.4 Å². The van der Waals surface area contributed by atoms with E-state index in [0.29, 0.717) is 18.5 Å². The molecular weight excluding hydrogens is 452 g/mol. The quantitative estimate of drug-likeness (QED) is 0.236. The Morgan fingerprint density at radius 3 is 2.61 bits per heavy atom. The van der Waals surface area contributed by atoms with Crippen molar-refractivity contribution in [3.63, 3.8) is 0 Å². The van der Waals surface area contributed by atoms with Crippen LogP contribution in [0.3, 0.4) is 0 Å². The van der Waals surface area contributed by atoms with Crippen LogP contribution in [0.4, 0.5) is 11.8 Å². The van der Waals surface area contributed by atoms with Crippen molar-refractivity contribution in [3.8, 4) is 0 Å². The molecular formula is C26H46N10. The molecule has 5 N–H and O–H groups in total. The minimum absolute atomic E-state index is 0.464. The van der Waals surface area contributed by atoms with Crippen molar-refractivity contribution in [1.29, 1.82) is 0 Å². The monoisotopic (exact) mass is 498 g/mol. The molecule has 4 rings (SSSR count). The van der Waals surface area contributed by atoms with Crippen LogP contribution in [-0.2, 0) is 19.5 Å². The molecule has 0 aromatic carbocycles. The predicted molar refractivity (Wildman–Crippen MR) is 145 cm³/mol. The highest BCUT2D eigenvalue weighted by atomic mass is 15.4. The maximum Gasteiger partial charge on any atom is 0.225 e. The summed E-state index contributed by atoms with van der Waals surface area (Å²) in [5.74, 6) is 1.54. The summed E-state index contributed by atoms with van der Waals surface area (Å²) in [5.41, 5.74) is 1.93. The van der Waals surface area contributed by atoms with Crippen LogP contribution in [0.25, 0.3) is 0 Å². The van der Waals surface area contributed by atoms with Gasteiger partial charge in [-0.25, -0.2) is 4.98 Å². The van der Waals surface area contributed by atoms with Crippen molar-refractivity contribution in [2.45, 2.75) is 96.3 Å². The normalized spacial score (nSPS) is 17.4.